The Bertz CT molecular complexity index is 244. The summed E-state index contributed by atoms with van der Waals surface area (Å²) in [7, 11) is 0. The number of hydrogen-bond acceptors (Lipinski definition) is 1. The van der Waals surface area contributed by atoms with Crippen molar-refractivity contribution in [3.8, 4) is 0 Å². The van der Waals surface area contributed by atoms with E-state index in [-0.39, 0.29) is 17.3 Å². The highest BCUT2D eigenvalue weighted by Crippen LogP contribution is 2.54. The fraction of sp³-hybridized carbons (Fsp3) is 0.917. The van der Waals surface area contributed by atoms with Crippen molar-refractivity contribution in [3.05, 3.63) is 0 Å². The summed E-state index contributed by atoms with van der Waals surface area (Å²) >= 11 is 5.89. The number of hydrogen-bond donors (Lipinski definition) is 1. The number of carbonyl (C=O) groups is 1. The molecule has 0 aromatic heterocycles. The molecule has 0 heterocycles. The minimum atomic E-state index is 0.136. The monoisotopic (exact) mass is 229 g/mol. The standard InChI is InChI=1S/C12H20ClNO/c1-7(13)3-8(2)14-12(15)11-5-9-4-10(9)6-11/h7-11H,3-6H2,1-2H3,(H,14,15). The molecule has 3 heteroatoms. The van der Waals surface area contributed by atoms with Crippen molar-refractivity contribution in [1.29, 1.82) is 0 Å². The van der Waals surface area contributed by atoms with Gasteiger partial charge >= 0.3 is 0 Å². The molecule has 2 aliphatic rings. The van der Waals surface area contributed by atoms with Gasteiger partial charge in [-0.3, -0.25) is 4.79 Å². The van der Waals surface area contributed by atoms with Crippen LogP contribution in [0.2, 0.25) is 0 Å². The molecule has 0 aliphatic heterocycles. The molecule has 0 saturated heterocycles. The molecule has 15 heavy (non-hydrogen) atoms. The molecule has 0 spiro atoms. The van der Waals surface area contributed by atoms with E-state index in [0.29, 0.717) is 5.92 Å². The van der Waals surface area contributed by atoms with E-state index in [1.54, 1.807) is 0 Å². The van der Waals surface area contributed by atoms with Gasteiger partial charge in [0, 0.05) is 17.3 Å². The maximum atomic E-state index is 11.8. The fourth-order valence-corrected chi connectivity index (χ4v) is 3.10. The molecule has 2 saturated carbocycles. The van der Waals surface area contributed by atoms with Crippen LogP contribution >= 0.6 is 11.6 Å². The highest BCUT2D eigenvalue weighted by molar-refractivity contribution is 6.20. The van der Waals surface area contributed by atoms with Gasteiger partial charge in [0.1, 0.15) is 0 Å². The van der Waals surface area contributed by atoms with Crippen molar-refractivity contribution >= 4 is 17.5 Å². The van der Waals surface area contributed by atoms with Crippen molar-refractivity contribution in [3.63, 3.8) is 0 Å². The van der Waals surface area contributed by atoms with Gasteiger partial charge in [0.15, 0.2) is 0 Å². The lowest BCUT2D eigenvalue weighted by Crippen LogP contribution is -2.37. The maximum absolute atomic E-state index is 11.8. The summed E-state index contributed by atoms with van der Waals surface area (Å²) in [6.07, 6.45) is 4.48. The van der Waals surface area contributed by atoms with Crippen LogP contribution in [0.25, 0.3) is 0 Å². The van der Waals surface area contributed by atoms with Crippen molar-refractivity contribution < 1.29 is 4.79 Å². The molecule has 2 aliphatic carbocycles. The number of nitrogens with one attached hydrogen (secondary N) is 1. The van der Waals surface area contributed by atoms with Crippen molar-refractivity contribution in [2.75, 3.05) is 0 Å². The van der Waals surface area contributed by atoms with Gasteiger partial charge in [-0.1, -0.05) is 0 Å². The first-order valence-electron chi connectivity index (χ1n) is 6.00. The molecule has 1 N–H and O–H groups in total. The zero-order chi connectivity index (χ0) is 11.0. The van der Waals surface area contributed by atoms with Crippen molar-refractivity contribution in [2.45, 2.75) is 50.9 Å². The normalized spacial score (nSPS) is 36.9. The molecule has 4 atom stereocenters. The number of amides is 1. The quantitative estimate of drug-likeness (QED) is 0.738. The van der Waals surface area contributed by atoms with E-state index in [9.17, 15) is 4.79 Å². The number of rotatable bonds is 4. The molecule has 2 fully saturated rings. The Hall–Kier alpha value is -0.240. The van der Waals surface area contributed by atoms with Gasteiger partial charge in [-0.2, -0.15) is 0 Å². The lowest BCUT2D eigenvalue weighted by atomic mass is 10.0. The summed E-state index contributed by atoms with van der Waals surface area (Å²) in [6.45, 7) is 4.00. The summed E-state index contributed by atoms with van der Waals surface area (Å²) in [6, 6.07) is 0.210. The summed E-state index contributed by atoms with van der Waals surface area (Å²) < 4.78 is 0. The second-order valence-electron chi connectivity index (χ2n) is 5.35. The molecular weight excluding hydrogens is 210 g/mol. The topological polar surface area (TPSA) is 29.1 Å². The van der Waals surface area contributed by atoms with E-state index in [4.69, 9.17) is 11.6 Å². The number of halogens is 1. The number of carbonyl (C=O) groups excluding carboxylic acids is 1. The van der Waals surface area contributed by atoms with Gasteiger partial charge in [-0.05, 0) is 51.4 Å². The molecule has 0 radical (unpaired) electrons. The average molecular weight is 230 g/mol. The Labute approximate surface area is 96.8 Å². The zero-order valence-electron chi connectivity index (χ0n) is 9.50. The van der Waals surface area contributed by atoms with Crippen LogP contribution in [0, 0.1) is 17.8 Å². The van der Waals surface area contributed by atoms with Gasteiger partial charge in [0.25, 0.3) is 0 Å². The van der Waals surface area contributed by atoms with Gasteiger partial charge in [-0.25, -0.2) is 0 Å². The predicted octanol–water partition coefficient (Wildman–Crippen LogP) is 2.55. The molecule has 2 rings (SSSR count). The maximum Gasteiger partial charge on any atom is 0.223 e. The van der Waals surface area contributed by atoms with Crippen LogP contribution in [-0.4, -0.2) is 17.3 Å². The second kappa shape index (κ2) is 4.32. The van der Waals surface area contributed by atoms with Gasteiger partial charge < -0.3 is 5.32 Å². The third kappa shape index (κ3) is 2.87. The second-order valence-corrected chi connectivity index (χ2v) is 6.10. The minimum absolute atomic E-state index is 0.136. The lowest BCUT2D eigenvalue weighted by molar-refractivity contribution is -0.125. The molecular formula is C12H20ClNO. The van der Waals surface area contributed by atoms with E-state index in [1.807, 2.05) is 13.8 Å². The predicted molar refractivity (Wildman–Crippen MR) is 61.9 cm³/mol. The Kier molecular flexibility index (Phi) is 3.24. The largest absolute Gasteiger partial charge is 0.353 e. The van der Waals surface area contributed by atoms with Crippen LogP contribution in [0.3, 0.4) is 0 Å². The van der Waals surface area contributed by atoms with Crippen LogP contribution in [0.15, 0.2) is 0 Å². The van der Waals surface area contributed by atoms with E-state index in [0.717, 1.165) is 31.1 Å². The van der Waals surface area contributed by atoms with Crippen LogP contribution in [-0.2, 0) is 4.79 Å². The van der Waals surface area contributed by atoms with Crippen LogP contribution in [0.1, 0.15) is 39.5 Å². The van der Waals surface area contributed by atoms with Crippen LogP contribution in [0.4, 0.5) is 0 Å². The smallest absolute Gasteiger partial charge is 0.223 e. The average Bonchev–Trinajstić information content (AvgIpc) is 2.71. The van der Waals surface area contributed by atoms with Gasteiger partial charge in [0.2, 0.25) is 5.91 Å². The first-order valence-corrected chi connectivity index (χ1v) is 6.44. The van der Waals surface area contributed by atoms with Crippen LogP contribution in [0.5, 0.6) is 0 Å². The molecule has 0 aromatic carbocycles. The first-order chi connectivity index (χ1) is 7.06. The van der Waals surface area contributed by atoms with E-state index in [1.165, 1.54) is 6.42 Å². The Morgan fingerprint density at radius 1 is 1.33 bits per heavy atom. The van der Waals surface area contributed by atoms with Crippen LogP contribution < -0.4 is 5.32 Å². The van der Waals surface area contributed by atoms with Crippen molar-refractivity contribution in [1.82, 2.24) is 5.32 Å². The Balaban J connectivity index is 1.72. The van der Waals surface area contributed by atoms with Gasteiger partial charge in [0.05, 0.1) is 0 Å². The fourth-order valence-electron chi connectivity index (χ4n) is 2.84. The van der Waals surface area contributed by atoms with E-state index in [2.05, 4.69) is 5.32 Å². The number of alkyl halides is 1. The third-order valence-electron chi connectivity index (χ3n) is 3.68. The summed E-state index contributed by atoms with van der Waals surface area (Å²) in [5.74, 6) is 2.31. The van der Waals surface area contributed by atoms with Crippen molar-refractivity contribution in [2.24, 2.45) is 17.8 Å². The molecule has 2 nitrogen and oxygen atoms in total. The van der Waals surface area contributed by atoms with E-state index < -0.39 is 0 Å². The molecule has 86 valence electrons. The Morgan fingerprint density at radius 2 is 1.93 bits per heavy atom. The molecule has 4 unspecified atom stereocenters. The SMILES string of the molecule is CC(Cl)CC(C)NC(=O)C1CC2CC2C1. The highest BCUT2D eigenvalue weighted by Gasteiger charge is 2.48. The summed E-state index contributed by atoms with van der Waals surface area (Å²) in [4.78, 5) is 11.8. The summed E-state index contributed by atoms with van der Waals surface area (Å²) in [5.41, 5.74) is 0. The molecule has 0 bridgehead atoms. The highest BCUT2D eigenvalue weighted by atomic mass is 35.5. The molecule has 0 aromatic rings. The number of fused-ring (bicyclic) bond motifs is 1. The van der Waals surface area contributed by atoms with Gasteiger partial charge in [-0.15, -0.1) is 11.6 Å². The molecule has 1 amide bonds. The zero-order valence-corrected chi connectivity index (χ0v) is 10.3. The summed E-state index contributed by atoms with van der Waals surface area (Å²) in [5, 5.41) is 3.21. The third-order valence-corrected chi connectivity index (χ3v) is 3.86. The minimum Gasteiger partial charge on any atom is -0.353 e. The Morgan fingerprint density at radius 3 is 2.47 bits per heavy atom. The van der Waals surface area contributed by atoms with E-state index >= 15 is 0 Å². The lowest BCUT2D eigenvalue weighted by Gasteiger charge is -2.18. The first kappa shape index (κ1) is 11.3.